The van der Waals surface area contributed by atoms with Crippen molar-refractivity contribution in [1.82, 2.24) is 10.6 Å². The lowest BCUT2D eigenvalue weighted by atomic mass is 9.92. The van der Waals surface area contributed by atoms with Crippen molar-refractivity contribution in [2.75, 3.05) is 13.1 Å². The average molecular weight is 303 g/mol. The number of halogens is 3. The summed E-state index contributed by atoms with van der Waals surface area (Å²) in [6.07, 6.45) is 2.06. The first-order valence-electron chi connectivity index (χ1n) is 6.65. The Bertz CT molecular complexity index is 504. The highest BCUT2D eigenvalue weighted by Gasteiger charge is 2.23. The number of benzene rings is 1. The molecule has 0 aliphatic carbocycles. The number of amides is 1. The highest BCUT2D eigenvalue weighted by Crippen LogP contribution is 2.20. The van der Waals surface area contributed by atoms with Crippen LogP contribution < -0.4 is 10.6 Å². The van der Waals surface area contributed by atoms with E-state index in [4.69, 9.17) is 11.6 Å². The third-order valence-corrected chi connectivity index (χ3v) is 3.95. The van der Waals surface area contributed by atoms with Gasteiger partial charge in [0.1, 0.15) is 11.6 Å². The van der Waals surface area contributed by atoms with Gasteiger partial charge in [0.2, 0.25) is 0 Å². The van der Waals surface area contributed by atoms with Crippen LogP contribution in [0.4, 0.5) is 8.78 Å². The van der Waals surface area contributed by atoms with Crippen LogP contribution in [0.25, 0.3) is 0 Å². The maximum Gasteiger partial charge on any atom is 0.254 e. The van der Waals surface area contributed by atoms with E-state index in [0.29, 0.717) is 5.92 Å². The molecule has 2 rings (SSSR count). The van der Waals surface area contributed by atoms with Crippen LogP contribution in [-0.4, -0.2) is 25.0 Å². The maximum absolute atomic E-state index is 13.6. The first-order valence-corrected chi connectivity index (χ1v) is 7.03. The summed E-state index contributed by atoms with van der Waals surface area (Å²) in [5.41, 5.74) is -0.317. The molecule has 3 nitrogen and oxygen atoms in total. The minimum absolute atomic E-state index is 0.103. The molecule has 1 amide bonds. The van der Waals surface area contributed by atoms with Gasteiger partial charge in [0, 0.05) is 6.04 Å². The number of nitrogens with one attached hydrogen (secondary N) is 2. The SMILES string of the molecule is CC(NC(=O)c1cc(F)c(Cl)cc1F)C1CCCNC1. The Morgan fingerprint density at radius 2 is 2.20 bits per heavy atom. The molecule has 2 atom stereocenters. The smallest absolute Gasteiger partial charge is 0.254 e. The van der Waals surface area contributed by atoms with Crippen LogP contribution in [0.3, 0.4) is 0 Å². The highest BCUT2D eigenvalue weighted by atomic mass is 35.5. The van der Waals surface area contributed by atoms with Crippen molar-refractivity contribution >= 4 is 17.5 Å². The van der Waals surface area contributed by atoms with Gasteiger partial charge in [-0.05, 0) is 50.9 Å². The fraction of sp³-hybridized carbons (Fsp3) is 0.500. The summed E-state index contributed by atoms with van der Waals surface area (Å²) in [4.78, 5) is 12.0. The van der Waals surface area contributed by atoms with E-state index in [9.17, 15) is 13.6 Å². The normalized spacial score (nSPS) is 20.5. The Balaban J connectivity index is 2.06. The minimum atomic E-state index is -0.817. The number of hydrogen-bond donors (Lipinski definition) is 2. The van der Waals surface area contributed by atoms with Gasteiger partial charge in [0.15, 0.2) is 0 Å². The molecule has 1 fully saturated rings. The largest absolute Gasteiger partial charge is 0.349 e. The molecule has 20 heavy (non-hydrogen) atoms. The van der Waals surface area contributed by atoms with Crippen LogP contribution in [0.2, 0.25) is 5.02 Å². The van der Waals surface area contributed by atoms with Crippen molar-refractivity contribution in [2.45, 2.75) is 25.8 Å². The highest BCUT2D eigenvalue weighted by molar-refractivity contribution is 6.30. The number of rotatable bonds is 3. The first-order chi connectivity index (χ1) is 9.49. The molecule has 1 aliphatic rings. The van der Waals surface area contributed by atoms with Gasteiger partial charge in [-0.1, -0.05) is 11.6 Å². The van der Waals surface area contributed by atoms with Crippen LogP contribution in [0.1, 0.15) is 30.1 Å². The fourth-order valence-electron chi connectivity index (χ4n) is 2.40. The molecule has 1 saturated heterocycles. The molecule has 2 unspecified atom stereocenters. The summed E-state index contributed by atoms with van der Waals surface area (Å²) < 4.78 is 27.0. The number of piperidine rings is 1. The van der Waals surface area contributed by atoms with Gasteiger partial charge in [-0.15, -0.1) is 0 Å². The Kier molecular flexibility index (Phi) is 4.94. The summed E-state index contributed by atoms with van der Waals surface area (Å²) in [6, 6.07) is 1.55. The second-order valence-corrected chi connectivity index (χ2v) is 5.52. The molecule has 0 bridgehead atoms. The Labute approximate surface area is 121 Å². The lowest BCUT2D eigenvalue weighted by molar-refractivity contribution is 0.0917. The van der Waals surface area contributed by atoms with E-state index in [1.165, 1.54) is 0 Å². The van der Waals surface area contributed by atoms with Crippen LogP contribution in [0.5, 0.6) is 0 Å². The molecule has 110 valence electrons. The summed E-state index contributed by atoms with van der Waals surface area (Å²) in [7, 11) is 0. The van der Waals surface area contributed by atoms with Crippen molar-refractivity contribution in [3.05, 3.63) is 34.4 Å². The van der Waals surface area contributed by atoms with E-state index in [2.05, 4.69) is 10.6 Å². The zero-order valence-electron chi connectivity index (χ0n) is 11.2. The van der Waals surface area contributed by atoms with Gasteiger partial charge in [-0.25, -0.2) is 8.78 Å². The molecule has 0 saturated carbocycles. The Morgan fingerprint density at radius 1 is 1.45 bits per heavy atom. The quantitative estimate of drug-likeness (QED) is 0.843. The molecule has 1 heterocycles. The molecule has 0 aromatic heterocycles. The molecule has 1 aliphatic heterocycles. The summed E-state index contributed by atoms with van der Waals surface area (Å²) >= 11 is 5.46. The standard InChI is InChI=1S/C14H17ClF2N2O/c1-8(9-3-2-4-18-7-9)19-14(20)10-5-13(17)11(15)6-12(10)16/h5-6,8-9,18H,2-4,7H2,1H3,(H,19,20). The molecular formula is C14H17ClF2N2O. The minimum Gasteiger partial charge on any atom is -0.349 e. The van der Waals surface area contributed by atoms with E-state index >= 15 is 0 Å². The van der Waals surface area contributed by atoms with E-state index in [-0.39, 0.29) is 16.6 Å². The zero-order chi connectivity index (χ0) is 14.7. The molecule has 0 spiro atoms. The topological polar surface area (TPSA) is 41.1 Å². The third-order valence-electron chi connectivity index (χ3n) is 3.66. The lowest BCUT2D eigenvalue weighted by Gasteiger charge is -2.29. The van der Waals surface area contributed by atoms with Crippen molar-refractivity contribution < 1.29 is 13.6 Å². The van der Waals surface area contributed by atoms with Gasteiger partial charge < -0.3 is 10.6 Å². The summed E-state index contributed by atoms with van der Waals surface area (Å²) in [6.45, 7) is 3.67. The van der Waals surface area contributed by atoms with E-state index in [0.717, 1.165) is 38.1 Å². The van der Waals surface area contributed by atoms with E-state index < -0.39 is 17.5 Å². The van der Waals surface area contributed by atoms with Crippen molar-refractivity contribution in [2.24, 2.45) is 5.92 Å². The second-order valence-electron chi connectivity index (χ2n) is 5.11. The number of carbonyl (C=O) groups excluding carboxylic acids is 1. The van der Waals surface area contributed by atoms with E-state index in [1.54, 1.807) is 0 Å². The van der Waals surface area contributed by atoms with Gasteiger partial charge in [-0.3, -0.25) is 4.79 Å². The Hall–Kier alpha value is -1.20. The lowest BCUT2D eigenvalue weighted by Crippen LogP contribution is -2.44. The van der Waals surface area contributed by atoms with Crippen LogP contribution in [-0.2, 0) is 0 Å². The second kappa shape index (κ2) is 6.50. The zero-order valence-corrected chi connectivity index (χ0v) is 11.9. The maximum atomic E-state index is 13.6. The summed E-state index contributed by atoms with van der Waals surface area (Å²) in [5, 5.41) is 5.65. The van der Waals surface area contributed by atoms with Gasteiger partial charge in [0.05, 0.1) is 10.6 Å². The van der Waals surface area contributed by atoms with Gasteiger partial charge >= 0.3 is 0 Å². The Morgan fingerprint density at radius 3 is 2.85 bits per heavy atom. The number of hydrogen-bond acceptors (Lipinski definition) is 2. The predicted octanol–water partition coefficient (Wildman–Crippen LogP) is 2.74. The van der Waals surface area contributed by atoms with Crippen molar-refractivity contribution in [1.29, 1.82) is 0 Å². The fourth-order valence-corrected chi connectivity index (χ4v) is 2.55. The predicted molar refractivity (Wildman–Crippen MR) is 73.9 cm³/mol. The van der Waals surface area contributed by atoms with E-state index in [1.807, 2.05) is 6.92 Å². The third kappa shape index (κ3) is 3.46. The summed E-state index contributed by atoms with van der Waals surface area (Å²) in [5.74, 6) is -1.93. The van der Waals surface area contributed by atoms with Crippen LogP contribution in [0, 0.1) is 17.6 Å². The molecule has 6 heteroatoms. The monoisotopic (exact) mass is 302 g/mol. The molecule has 1 aromatic rings. The van der Waals surface area contributed by atoms with Crippen LogP contribution in [0.15, 0.2) is 12.1 Å². The van der Waals surface area contributed by atoms with Crippen molar-refractivity contribution in [3.8, 4) is 0 Å². The molecule has 2 N–H and O–H groups in total. The first kappa shape index (κ1) is 15.2. The van der Waals surface area contributed by atoms with Crippen LogP contribution >= 0.6 is 11.6 Å². The average Bonchev–Trinajstić information content (AvgIpc) is 2.43. The molecule has 1 aromatic carbocycles. The number of carbonyl (C=O) groups is 1. The van der Waals surface area contributed by atoms with Gasteiger partial charge in [-0.2, -0.15) is 0 Å². The van der Waals surface area contributed by atoms with Gasteiger partial charge in [0.25, 0.3) is 5.91 Å². The molecular weight excluding hydrogens is 286 g/mol. The van der Waals surface area contributed by atoms with Crippen molar-refractivity contribution in [3.63, 3.8) is 0 Å². The molecule has 0 radical (unpaired) electrons.